The molecule has 2 rings (SSSR count). The highest BCUT2D eigenvalue weighted by atomic mass is 16.2. The number of hydrogen-bond acceptors (Lipinski definition) is 3. The zero-order chi connectivity index (χ0) is 19.3. The molecule has 1 heterocycles. The molecule has 2 N–H and O–H groups in total. The monoisotopic (exact) mass is 359 g/mol. The molecule has 1 aliphatic rings. The first-order valence-electron chi connectivity index (χ1n) is 9.22. The number of para-hydroxylation sites is 1. The van der Waals surface area contributed by atoms with Crippen LogP contribution in [0.25, 0.3) is 0 Å². The summed E-state index contributed by atoms with van der Waals surface area (Å²) in [7, 11) is 0. The van der Waals surface area contributed by atoms with Gasteiger partial charge in [0.15, 0.2) is 0 Å². The quantitative estimate of drug-likeness (QED) is 0.767. The molecule has 1 aromatic rings. The summed E-state index contributed by atoms with van der Waals surface area (Å²) in [5.41, 5.74) is 0.616. The first-order chi connectivity index (χ1) is 12.2. The Labute approximate surface area is 155 Å². The summed E-state index contributed by atoms with van der Waals surface area (Å²) in [4.78, 5) is 38.9. The Kier molecular flexibility index (Phi) is 6.40. The molecule has 3 amide bonds. The minimum Gasteiger partial charge on any atom is -0.352 e. The third kappa shape index (κ3) is 4.84. The SMILES string of the molecule is CCCCNC(=O)c1ccccc1NC(=O)[C@H]1CC(=O)N(C(C)(C)C)C1. The Morgan fingerprint density at radius 2 is 1.92 bits per heavy atom. The van der Waals surface area contributed by atoms with Crippen LogP contribution in [0, 0.1) is 5.92 Å². The Bertz CT molecular complexity index is 679. The van der Waals surface area contributed by atoms with Crippen LogP contribution in [0.4, 0.5) is 5.69 Å². The average molecular weight is 359 g/mol. The van der Waals surface area contributed by atoms with E-state index in [-0.39, 0.29) is 29.7 Å². The molecule has 0 spiro atoms. The fourth-order valence-electron chi connectivity index (χ4n) is 3.03. The average Bonchev–Trinajstić information content (AvgIpc) is 2.98. The maximum atomic E-state index is 12.6. The van der Waals surface area contributed by atoms with E-state index in [2.05, 4.69) is 17.6 Å². The van der Waals surface area contributed by atoms with Gasteiger partial charge in [0.1, 0.15) is 0 Å². The predicted octanol–water partition coefficient (Wildman–Crippen LogP) is 2.80. The molecule has 6 heteroatoms. The van der Waals surface area contributed by atoms with Crippen molar-refractivity contribution in [1.29, 1.82) is 0 Å². The highest BCUT2D eigenvalue weighted by Crippen LogP contribution is 2.27. The van der Waals surface area contributed by atoms with Gasteiger partial charge >= 0.3 is 0 Å². The second-order valence-corrected chi connectivity index (χ2v) is 7.72. The topological polar surface area (TPSA) is 78.5 Å². The first kappa shape index (κ1) is 19.9. The van der Waals surface area contributed by atoms with Crippen molar-refractivity contribution in [2.45, 2.75) is 52.5 Å². The molecule has 6 nitrogen and oxygen atoms in total. The fourth-order valence-corrected chi connectivity index (χ4v) is 3.03. The molecular weight excluding hydrogens is 330 g/mol. The first-order valence-corrected chi connectivity index (χ1v) is 9.22. The maximum Gasteiger partial charge on any atom is 0.253 e. The van der Waals surface area contributed by atoms with Crippen molar-refractivity contribution in [3.8, 4) is 0 Å². The lowest BCUT2D eigenvalue weighted by molar-refractivity contribution is -0.131. The van der Waals surface area contributed by atoms with Gasteiger partial charge in [-0.15, -0.1) is 0 Å². The normalized spacial score (nSPS) is 17.3. The Morgan fingerprint density at radius 3 is 2.54 bits per heavy atom. The van der Waals surface area contributed by atoms with E-state index in [9.17, 15) is 14.4 Å². The van der Waals surface area contributed by atoms with Gasteiger partial charge in [-0.2, -0.15) is 0 Å². The van der Waals surface area contributed by atoms with Gasteiger partial charge in [-0.3, -0.25) is 14.4 Å². The van der Waals surface area contributed by atoms with E-state index in [1.165, 1.54) is 0 Å². The van der Waals surface area contributed by atoms with E-state index < -0.39 is 5.92 Å². The van der Waals surface area contributed by atoms with Crippen LogP contribution < -0.4 is 10.6 Å². The number of amides is 3. The van der Waals surface area contributed by atoms with Gasteiger partial charge in [0.2, 0.25) is 11.8 Å². The van der Waals surface area contributed by atoms with Gasteiger partial charge < -0.3 is 15.5 Å². The van der Waals surface area contributed by atoms with E-state index in [0.29, 0.717) is 24.3 Å². The fraction of sp³-hybridized carbons (Fsp3) is 0.550. The van der Waals surface area contributed by atoms with Crippen molar-refractivity contribution in [3.63, 3.8) is 0 Å². The summed E-state index contributed by atoms with van der Waals surface area (Å²) in [5, 5.41) is 5.70. The van der Waals surface area contributed by atoms with Crippen LogP contribution in [-0.2, 0) is 9.59 Å². The molecule has 1 fully saturated rings. The van der Waals surface area contributed by atoms with E-state index in [4.69, 9.17) is 0 Å². The lowest BCUT2D eigenvalue weighted by Gasteiger charge is -2.31. The number of anilines is 1. The zero-order valence-corrected chi connectivity index (χ0v) is 16.1. The molecule has 1 aromatic carbocycles. The van der Waals surface area contributed by atoms with Gasteiger partial charge in [-0.05, 0) is 39.3 Å². The van der Waals surface area contributed by atoms with E-state index >= 15 is 0 Å². The van der Waals surface area contributed by atoms with Crippen molar-refractivity contribution in [2.24, 2.45) is 5.92 Å². The van der Waals surface area contributed by atoms with Crippen LogP contribution in [0.5, 0.6) is 0 Å². The van der Waals surface area contributed by atoms with E-state index in [1.54, 1.807) is 29.2 Å². The molecule has 26 heavy (non-hydrogen) atoms. The molecule has 1 atom stereocenters. The van der Waals surface area contributed by atoms with Crippen molar-refractivity contribution in [3.05, 3.63) is 29.8 Å². The molecule has 1 aliphatic heterocycles. The second-order valence-electron chi connectivity index (χ2n) is 7.72. The van der Waals surface area contributed by atoms with Crippen LogP contribution in [0.3, 0.4) is 0 Å². The number of unbranched alkanes of at least 4 members (excludes halogenated alkanes) is 1. The number of hydrogen-bond donors (Lipinski definition) is 2. The zero-order valence-electron chi connectivity index (χ0n) is 16.1. The van der Waals surface area contributed by atoms with E-state index in [1.807, 2.05) is 20.8 Å². The third-order valence-electron chi connectivity index (χ3n) is 4.55. The number of nitrogens with one attached hydrogen (secondary N) is 2. The Morgan fingerprint density at radius 1 is 1.23 bits per heavy atom. The molecule has 0 saturated carbocycles. The smallest absolute Gasteiger partial charge is 0.253 e. The third-order valence-corrected chi connectivity index (χ3v) is 4.55. The predicted molar refractivity (Wildman–Crippen MR) is 102 cm³/mol. The number of carbonyl (C=O) groups is 3. The summed E-state index contributed by atoms with van der Waals surface area (Å²) in [6.07, 6.45) is 2.11. The van der Waals surface area contributed by atoms with Crippen LogP contribution >= 0.6 is 0 Å². The second kappa shape index (κ2) is 8.34. The van der Waals surface area contributed by atoms with E-state index in [0.717, 1.165) is 12.8 Å². The standard InChI is InChI=1S/C20H29N3O3/c1-5-6-11-21-19(26)15-9-7-8-10-16(15)22-18(25)14-12-17(24)23(13-14)20(2,3)4/h7-10,14H,5-6,11-13H2,1-4H3,(H,21,26)(H,22,25)/t14-/m0/s1. The molecule has 1 saturated heterocycles. The van der Waals surface area contributed by atoms with Gasteiger partial charge in [0.25, 0.3) is 5.91 Å². The maximum absolute atomic E-state index is 12.6. The summed E-state index contributed by atoms with van der Waals surface area (Å²) >= 11 is 0. The number of likely N-dealkylation sites (tertiary alicyclic amines) is 1. The van der Waals surface area contributed by atoms with Crippen LogP contribution in [-0.4, -0.2) is 41.2 Å². The van der Waals surface area contributed by atoms with Gasteiger partial charge in [-0.25, -0.2) is 0 Å². The van der Waals surface area contributed by atoms with Crippen LogP contribution in [0.2, 0.25) is 0 Å². The number of carbonyl (C=O) groups excluding carboxylic acids is 3. The highest BCUT2D eigenvalue weighted by Gasteiger charge is 2.39. The molecule has 0 aromatic heterocycles. The highest BCUT2D eigenvalue weighted by molar-refractivity contribution is 6.05. The molecule has 0 aliphatic carbocycles. The molecular formula is C20H29N3O3. The van der Waals surface area contributed by atoms with Crippen molar-refractivity contribution >= 4 is 23.4 Å². The minimum absolute atomic E-state index is 0.0109. The minimum atomic E-state index is -0.405. The van der Waals surface area contributed by atoms with Gasteiger partial charge in [0.05, 0.1) is 17.2 Å². The largest absolute Gasteiger partial charge is 0.352 e. The Hall–Kier alpha value is -2.37. The lowest BCUT2D eigenvalue weighted by Crippen LogP contribution is -2.42. The van der Waals surface area contributed by atoms with Gasteiger partial charge in [-0.1, -0.05) is 25.5 Å². The Balaban J connectivity index is 2.06. The summed E-state index contributed by atoms with van der Waals surface area (Å²) < 4.78 is 0. The molecule has 142 valence electrons. The molecule has 0 radical (unpaired) electrons. The number of nitrogens with zero attached hydrogens (tertiary/aromatic N) is 1. The van der Waals surface area contributed by atoms with Gasteiger partial charge in [0, 0.05) is 25.0 Å². The number of rotatable bonds is 6. The van der Waals surface area contributed by atoms with Crippen molar-refractivity contribution in [1.82, 2.24) is 10.2 Å². The molecule has 0 unspecified atom stereocenters. The summed E-state index contributed by atoms with van der Waals surface area (Å²) in [6.45, 7) is 8.95. The number of benzene rings is 1. The molecule has 0 bridgehead atoms. The summed E-state index contributed by atoms with van der Waals surface area (Å²) in [5.74, 6) is -0.840. The summed E-state index contributed by atoms with van der Waals surface area (Å²) in [6, 6.07) is 6.95. The lowest BCUT2D eigenvalue weighted by atomic mass is 10.1. The van der Waals surface area contributed by atoms with Crippen molar-refractivity contribution in [2.75, 3.05) is 18.4 Å². The van der Waals surface area contributed by atoms with Crippen LogP contribution in [0.15, 0.2) is 24.3 Å². The van der Waals surface area contributed by atoms with Crippen molar-refractivity contribution < 1.29 is 14.4 Å². The van der Waals surface area contributed by atoms with Crippen LogP contribution in [0.1, 0.15) is 57.3 Å².